The van der Waals surface area contributed by atoms with E-state index in [9.17, 15) is 13.2 Å². The molecule has 0 spiro atoms. The monoisotopic (exact) mass is 433 g/mol. The van der Waals surface area contributed by atoms with E-state index < -0.39 is 22.5 Å². The maximum absolute atomic E-state index is 12.1. The normalized spacial score (nSPS) is 11.5. The Morgan fingerprint density at radius 3 is 2.35 bits per heavy atom. The summed E-state index contributed by atoms with van der Waals surface area (Å²) in [7, 11) is -3.77. The largest absolute Gasteiger partial charge is 0.271 e. The Labute approximate surface area is 166 Å². The SMILES string of the molecule is CS(=O)(=O)N(CC(=O)N/N=C\c1ccc(Cl)cc1)c1cc(Cl)ccc1Cl. The van der Waals surface area contributed by atoms with E-state index in [2.05, 4.69) is 10.5 Å². The number of hydrogen-bond acceptors (Lipinski definition) is 4. The number of anilines is 1. The third-order valence-corrected chi connectivity index (χ3v) is 5.07. The van der Waals surface area contributed by atoms with Crippen LogP contribution in [0.25, 0.3) is 0 Å². The third kappa shape index (κ3) is 5.88. The van der Waals surface area contributed by atoms with Crippen molar-refractivity contribution >= 4 is 62.6 Å². The Balaban J connectivity index is 2.12. The van der Waals surface area contributed by atoms with Gasteiger partial charge in [-0.1, -0.05) is 46.9 Å². The summed E-state index contributed by atoms with van der Waals surface area (Å²) in [5.74, 6) is -0.642. The van der Waals surface area contributed by atoms with Crippen molar-refractivity contribution in [3.8, 4) is 0 Å². The van der Waals surface area contributed by atoms with Crippen molar-refractivity contribution in [1.29, 1.82) is 0 Å². The molecule has 26 heavy (non-hydrogen) atoms. The summed E-state index contributed by atoms with van der Waals surface area (Å²) in [4.78, 5) is 12.1. The first kappa shape index (κ1) is 20.5. The average Bonchev–Trinajstić information content (AvgIpc) is 2.56. The van der Waals surface area contributed by atoms with Crippen molar-refractivity contribution in [3.05, 3.63) is 63.1 Å². The van der Waals surface area contributed by atoms with Gasteiger partial charge in [-0.25, -0.2) is 13.8 Å². The average molecular weight is 435 g/mol. The molecule has 2 aromatic rings. The molecule has 138 valence electrons. The molecule has 0 aliphatic heterocycles. The van der Waals surface area contributed by atoms with Gasteiger partial charge in [-0.2, -0.15) is 5.10 Å². The van der Waals surface area contributed by atoms with E-state index >= 15 is 0 Å². The minimum absolute atomic E-state index is 0.110. The topological polar surface area (TPSA) is 78.8 Å². The van der Waals surface area contributed by atoms with E-state index in [1.54, 1.807) is 24.3 Å². The Bertz CT molecular complexity index is 932. The fourth-order valence-corrected chi connectivity index (χ4v) is 3.37. The van der Waals surface area contributed by atoms with Gasteiger partial charge in [0.05, 0.1) is 23.2 Å². The maximum Gasteiger partial charge on any atom is 0.260 e. The Kier molecular flexibility index (Phi) is 6.88. The van der Waals surface area contributed by atoms with Crippen molar-refractivity contribution in [2.75, 3.05) is 17.1 Å². The number of benzene rings is 2. The number of rotatable bonds is 6. The molecule has 0 bridgehead atoms. The molecule has 1 amide bonds. The molecule has 0 heterocycles. The predicted octanol–water partition coefficient (Wildman–Crippen LogP) is 3.56. The van der Waals surface area contributed by atoms with Crippen molar-refractivity contribution in [3.63, 3.8) is 0 Å². The molecule has 0 saturated carbocycles. The van der Waals surface area contributed by atoms with E-state index in [1.165, 1.54) is 24.4 Å². The van der Waals surface area contributed by atoms with Crippen LogP contribution < -0.4 is 9.73 Å². The minimum atomic E-state index is -3.77. The Hall–Kier alpha value is -1.80. The first-order valence-electron chi connectivity index (χ1n) is 7.17. The summed E-state index contributed by atoms with van der Waals surface area (Å²) in [6, 6.07) is 11.1. The molecule has 10 heteroatoms. The van der Waals surface area contributed by atoms with Crippen LogP contribution in [0.1, 0.15) is 5.56 Å². The van der Waals surface area contributed by atoms with Gasteiger partial charge in [0, 0.05) is 10.0 Å². The van der Waals surface area contributed by atoms with Gasteiger partial charge in [0.1, 0.15) is 6.54 Å². The first-order chi connectivity index (χ1) is 12.2. The number of nitrogens with zero attached hydrogens (tertiary/aromatic N) is 2. The number of amides is 1. The van der Waals surface area contributed by atoms with Gasteiger partial charge in [-0.05, 0) is 35.9 Å². The van der Waals surface area contributed by atoms with Crippen molar-refractivity contribution < 1.29 is 13.2 Å². The second-order valence-corrected chi connectivity index (χ2v) is 8.40. The van der Waals surface area contributed by atoms with Gasteiger partial charge < -0.3 is 0 Å². The molecule has 0 atom stereocenters. The lowest BCUT2D eigenvalue weighted by Crippen LogP contribution is -2.39. The predicted molar refractivity (Wildman–Crippen MR) is 106 cm³/mol. The van der Waals surface area contributed by atoms with Crippen LogP contribution in [0.3, 0.4) is 0 Å². The molecular formula is C16H14Cl3N3O3S. The Morgan fingerprint density at radius 2 is 1.73 bits per heavy atom. The lowest BCUT2D eigenvalue weighted by molar-refractivity contribution is -0.119. The standard InChI is InChI=1S/C16H14Cl3N3O3S/c1-26(24,25)22(15-8-13(18)6-7-14(15)19)10-16(23)21-20-9-11-2-4-12(17)5-3-11/h2-9H,10H2,1H3,(H,21,23)/b20-9-. The van der Waals surface area contributed by atoms with Crippen molar-refractivity contribution in [1.82, 2.24) is 5.43 Å². The van der Waals surface area contributed by atoms with Crippen LogP contribution in [0.5, 0.6) is 0 Å². The second kappa shape index (κ2) is 8.73. The van der Waals surface area contributed by atoms with E-state index in [1.807, 2.05) is 0 Å². The summed E-state index contributed by atoms with van der Waals surface area (Å²) in [6.07, 6.45) is 2.37. The summed E-state index contributed by atoms with van der Waals surface area (Å²) in [5.41, 5.74) is 3.09. The molecule has 0 aliphatic rings. The van der Waals surface area contributed by atoms with Crippen LogP contribution in [0, 0.1) is 0 Å². The van der Waals surface area contributed by atoms with Crippen molar-refractivity contribution in [2.24, 2.45) is 5.10 Å². The molecule has 0 aliphatic carbocycles. The van der Waals surface area contributed by atoms with E-state index in [-0.39, 0.29) is 10.7 Å². The molecule has 2 aromatic carbocycles. The zero-order valence-corrected chi connectivity index (χ0v) is 16.6. The zero-order chi connectivity index (χ0) is 19.3. The van der Waals surface area contributed by atoms with Crippen LogP contribution >= 0.6 is 34.8 Å². The van der Waals surface area contributed by atoms with Gasteiger partial charge in [0.15, 0.2) is 0 Å². The molecule has 0 unspecified atom stereocenters. The smallest absolute Gasteiger partial charge is 0.260 e. The number of hydrogen-bond donors (Lipinski definition) is 1. The summed E-state index contributed by atoms with van der Waals surface area (Å²) in [5, 5.41) is 4.81. The highest BCUT2D eigenvalue weighted by Gasteiger charge is 2.23. The quantitative estimate of drug-likeness (QED) is 0.558. The van der Waals surface area contributed by atoms with Crippen LogP contribution in [-0.4, -0.2) is 33.3 Å². The van der Waals surface area contributed by atoms with E-state index in [0.29, 0.717) is 15.6 Å². The molecule has 0 fully saturated rings. The van der Waals surface area contributed by atoms with Gasteiger partial charge >= 0.3 is 0 Å². The number of nitrogens with one attached hydrogen (secondary N) is 1. The molecule has 0 radical (unpaired) electrons. The van der Waals surface area contributed by atoms with Gasteiger partial charge in [0.25, 0.3) is 5.91 Å². The highest BCUT2D eigenvalue weighted by Crippen LogP contribution is 2.30. The minimum Gasteiger partial charge on any atom is -0.271 e. The van der Waals surface area contributed by atoms with Crippen molar-refractivity contribution in [2.45, 2.75) is 0 Å². The van der Waals surface area contributed by atoms with Crippen LogP contribution in [0.2, 0.25) is 15.1 Å². The molecule has 6 nitrogen and oxygen atoms in total. The second-order valence-electron chi connectivity index (χ2n) is 5.21. The van der Waals surface area contributed by atoms with Crippen LogP contribution in [-0.2, 0) is 14.8 Å². The molecule has 0 saturated heterocycles. The lowest BCUT2D eigenvalue weighted by atomic mass is 10.2. The fraction of sp³-hybridized carbons (Fsp3) is 0.125. The molecule has 1 N–H and O–H groups in total. The van der Waals surface area contributed by atoms with Crippen LogP contribution in [0.4, 0.5) is 5.69 Å². The van der Waals surface area contributed by atoms with E-state index in [0.717, 1.165) is 10.6 Å². The highest BCUT2D eigenvalue weighted by atomic mass is 35.5. The highest BCUT2D eigenvalue weighted by molar-refractivity contribution is 7.92. The zero-order valence-electron chi connectivity index (χ0n) is 13.5. The Morgan fingerprint density at radius 1 is 1.12 bits per heavy atom. The maximum atomic E-state index is 12.1. The third-order valence-electron chi connectivity index (χ3n) is 3.14. The summed E-state index contributed by atoms with van der Waals surface area (Å²) < 4.78 is 25.0. The number of sulfonamides is 1. The summed E-state index contributed by atoms with van der Waals surface area (Å²) >= 11 is 17.7. The number of halogens is 3. The van der Waals surface area contributed by atoms with Gasteiger partial charge in [-0.3, -0.25) is 9.10 Å². The lowest BCUT2D eigenvalue weighted by Gasteiger charge is -2.22. The number of carbonyl (C=O) groups excluding carboxylic acids is 1. The molecule has 2 rings (SSSR count). The molecular weight excluding hydrogens is 421 g/mol. The van der Waals surface area contributed by atoms with E-state index in [4.69, 9.17) is 34.8 Å². The van der Waals surface area contributed by atoms with Gasteiger partial charge in [0.2, 0.25) is 10.0 Å². The molecule has 0 aromatic heterocycles. The summed E-state index contributed by atoms with van der Waals surface area (Å²) in [6.45, 7) is -0.503. The first-order valence-corrected chi connectivity index (χ1v) is 10.2. The number of carbonyl (C=O) groups is 1. The number of hydrazone groups is 1. The fourth-order valence-electron chi connectivity index (χ4n) is 1.95. The van der Waals surface area contributed by atoms with Gasteiger partial charge in [-0.15, -0.1) is 0 Å². The van der Waals surface area contributed by atoms with Crippen LogP contribution in [0.15, 0.2) is 47.6 Å².